The minimum atomic E-state index is -2.07. The Hall–Kier alpha value is 1.07. The van der Waals surface area contributed by atoms with Gasteiger partial charge in [-0.3, -0.25) is 8.74 Å². The normalized spacial score (nSPS) is 12.3. The first kappa shape index (κ1) is 10.9. The van der Waals surface area contributed by atoms with Gasteiger partial charge in [-0.05, 0) is 6.92 Å². The van der Waals surface area contributed by atoms with Crippen LogP contribution >= 0.6 is 0 Å². The van der Waals surface area contributed by atoms with Gasteiger partial charge in [0, 0.05) is 29.6 Å². The van der Waals surface area contributed by atoms with E-state index in [0.29, 0.717) is 0 Å². The fourth-order valence-corrected chi connectivity index (χ4v) is 0.302. The molecule has 3 nitrogen and oxygen atoms in total. The van der Waals surface area contributed by atoms with Crippen molar-refractivity contribution in [2.45, 2.75) is 6.92 Å². The fraction of sp³-hybridized carbons (Fsp3) is 1.00. The summed E-state index contributed by atoms with van der Waals surface area (Å²) in [6, 6.07) is 0. The van der Waals surface area contributed by atoms with Gasteiger partial charge in [-0.25, -0.2) is 0 Å². The van der Waals surface area contributed by atoms with E-state index >= 15 is 0 Å². The standard InChI is InChI=1S/C2H6O3S.Na/c1-2-5-6(3)4;/h2H2,1H3,(H,3,4);. The molecule has 1 unspecified atom stereocenters. The summed E-state index contributed by atoms with van der Waals surface area (Å²) in [5, 5.41) is 0. The average molecular weight is 133 g/mol. The van der Waals surface area contributed by atoms with Crippen LogP contribution < -0.4 is 0 Å². The van der Waals surface area contributed by atoms with E-state index in [0.717, 1.165) is 0 Å². The summed E-state index contributed by atoms with van der Waals surface area (Å²) in [7, 11) is 0. The molecule has 0 aromatic carbocycles. The van der Waals surface area contributed by atoms with Crippen molar-refractivity contribution in [2.75, 3.05) is 6.61 Å². The molecule has 0 aromatic heterocycles. The molecule has 0 heterocycles. The molecule has 0 saturated heterocycles. The zero-order chi connectivity index (χ0) is 4.99. The predicted molar refractivity (Wildman–Crippen MR) is 28.2 cm³/mol. The van der Waals surface area contributed by atoms with E-state index in [1.54, 1.807) is 6.92 Å². The number of hydrogen-bond acceptors (Lipinski definition) is 2. The summed E-state index contributed by atoms with van der Waals surface area (Å²) in [4.78, 5) is 0. The Morgan fingerprint density at radius 3 is 2.29 bits per heavy atom. The summed E-state index contributed by atoms with van der Waals surface area (Å²) >= 11 is -2.07. The Kier molecular flexibility index (Phi) is 11.1. The second kappa shape index (κ2) is 7.07. The average Bonchev–Trinajstić information content (AvgIpc) is 1.35. The quantitative estimate of drug-likeness (QED) is 0.418. The second-order valence-corrected chi connectivity index (χ2v) is 1.29. The molecule has 0 rings (SSSR count). The zero-order valence-electron chi connectivity index (χ0n) is 4.38. The third kappa shape index (κ3) is 11.0. The van der Waals surface area contributed by atoms with E-state index in [2.05, 4.69) is 4.18 Å². The van der Waals surface area contributed by atoms with Crippen molar-refractivity contribution in [3.05, 3.63) is 0 Å². The molecule has 0 saturated carbocycles. The molecule has 0 aliphatic carbocycles. The third-order valence-electron chi connectivity index (χ3n) is 0.219. The van der Waals surface area contributed by atoms with Crippen LogP contribution in [0.25, 0.3) is 0 Å². The zero-order valence-corrected chi connectivity index (χ0v) is 7.20. The van der Waals surface area contributed by atoms with Crippen molar-refractivity contribution in [3.8, 4) is 0 Å². The van der Waals surface area contributed by atoms with Crippen molar-refractivity contribution in [1.82, 2.24) is 0 Å². The summed E-state index contributed by atoms with van der Waals surface area (Å²) < 4.78 is 21.4. The summed E-state index contributed by atoms with van der Waals surface area (Å²) in [5.41, 5.74) is 0. The Morgan fingerprint density at radius 2 is 2.29 bits per heavy atom. The Bertz CT molecular complexity index is 56.9. The molecular formula is C2H6NaO3S. The van der Waals surface area contributed by atoms with E-state index in [4.69, 9.17) is 4.55 Å². The molecule has 1 N–H and O–H groups in total. The first-order valence-electron chi connectivity index (χ1n) is 1.51. The van der Waals surface area contributed by atoms with Gasteiger partial charge in [0.05, 0.1) is 6.61 Å². The topological polar surface area (TPSA) is 46.5 Å². The SMILES string of the molecule is CCOS(=O)O.[Na]. The van der Waals surface area contributed by atoms with Gasteiger partial charge in [0.15, 0.2) is 0 Å². The van der Waals surface area contributed by atoms with Crippen LogP contribution in [0.15, 0.2) is 0 Å². The molecule has 7 heavy (non-hydrogen) atoms. The molecule has 0 aliphatic heterocycles. The van der Waals surface area contributed by atoms with Crippen molar-refractivity contribution in [1.29, 1.82) is 0 Å². The minimum Gasteiger partial charge on any atom is -0.284 e. The molecule has 5 heteroatoms. The van der Waals surface area contributed by atoms with Crippen LogP contribution in [0, 0.1) is 0 Å². The van der Waals surface area contributed by atoms with Gasteiger partial charge in [0.25, 0.3) is 0 Å². The van der Waals surface area contributed by atoms with Crippen molar-refractivity contribution in [3.63, 3.8) is 0 Å². The van der Waals surface area contributed by atoms with Crippen molar-refractivity contribution in [2.24, 2.45) is 0 Å². The molecule has 1 atom stereocenters. The minimum absolute atomic E-state index is 0. The Balaban J connectivity index is 0. The summed E-state index contributed by atoms with van der Waals surface area (Å²) in [6.07, 6.45) is 0. The van der Waals surface area contributed by atoms with Crippen LogP contribution in [0.4, 0.5) is 0 Å². The smallest absolute Gasteiger partial charge is 0.284 e. The van der Waals surface area contributed by atoms with E-state index < -0.39 is 11.4 Å². The maximum atomic E-state index is 9.49. The van der Waals surface area contributed by atoms with Gasteiger partial charge in [-0.15, -0.1) is 0 Å². The molecule has 1 radical (unpaired) electrons. The molecule has 0 aromatic rings. The number of rotatable bonds is 2. The Morgan fingerprint density at radius 1 is 1.86 bits per heavy atom. The monoisotopic (exact) mass is 133 g/mol. The number of hydrogen-bond donors (Lipinski definition) is 1. The van der Waals surface area contributed by atoms with Crippen molar-refractivity contribution >= 4 is 40.9 Å². The predicted octanol–water partition coefficient (Wildman–Crippen LogP) is -0.221. The first-order valence-corrected chi connectivity index (χ1v) is 2.54. The maximum Gasteiger partial charge on any atom is 0.301 e. The summed E-state index contributed by atoms with van der Waals surface area (Å²) in [5.74, 6) is 0. The van der Waals surface area contributed by atoms with Crippen molar-refractivity contribution < 1.29 is 12.9 Å². The van der Waals surface area contributed by atoms with Crippen LogP contribution in [0.3, 0.4) is 0 Å². The van der Waals surface area contributed by atoms with E-state index in [1.165, 1.54) is 0 Å². The molecule has 0 spiro atoms. The van der Waals surface area contributed by atoms with Crippen LogP contribution in [0.5, 0.6) is 0 Å². The first-order chi connectivity index (χ1) is 2.77. The van der Waals surface area contributed by atoms with Crippen LogP contribution in [0.2, 0.25) is 0 Å². The van der Waals surface area contributed by atoms with Gasteiger partial charge in [0.1, 0.15) is 0 Å². The summed E-state index contributed by atoms with van der Waals surface area (Å²) in [6.45, 7) is 1.93. The molecule has 0 bridgehead atoms. The van der Waals surface area contributed by atoms with E-state index in [1.807, 2.05) is 0 Å². The van der Waals surface area contributed by atoms with Crippen LogP contribution in [-0.4, -0.2) is 44.9 Å². The molecule has 0 amide bonds. The van der Waals surface area contributed by atoms with Gasteiger partial charge < -0.3 is 0 Å². The van der Waals surface area contributed by atoms with Gasteiger partial charge >= 0.3 is 11.4 Å². The van der Waals surface area contributed by atoms with Gasteiger partial charge in [-0.1, -0.05) is 0 Å². The Labute approximate surface area is 67.2 Å². The second-order valence-electron chi connectivity index (χ2n) is 0.624. The van der Waals surface area contributed by atoms with E-state index in [9.17, 15) is 4.21 Å². The van der Waals surface area contributed by atoms with Gasteiger partial charge in [-0.2, -0.15) is 4.21 Å². The fourth-order valence-electron chi connectivity index (χ4n) is 0.101. The molecule has 39 valence electrons. The molecule has 0 aliphatic rings. The van der Waals surface area contributed by atoms with Crippen LogP contribution in [0.1, 0.15) is 6.92 Å². The third-order valence-corrected chi connectivity index (χ3v) is 0.656. The van der Waals surface area contributed by atoms with Gasteiger partial charge in [0.2, 0.25) is 0 Å². The van der Waals surface area contributed by atoms with E-state index in [-0.39, 0.29) is 36.2 Å². The largest absolute Gasteiger partial charge is 0.301 e. The maximum absolute atomic E-state index is 9.49. The molecule has 0 fully saturated rings. The van der Waals surface area contributed by atoms with Crippen LogP contribution in [-0.2, 0) is 15.5 Å². The molecular weight excluding hydrogens is 127 g/mol.